The molecule has 0 aromatic heterocycles. The predicted octanol–water partition coefficient (Wildman–Crippen LogP) is 6.14. The van der Waals surface area contributed by atoms with Crippen LogP contribution in [0.1, 0.15) is 15.9 Å². The highest BCUT2D eigenvalue weighted by molar-refractivity contribution is 7.80. The molecular formula is C27H23Cl3N4O2S. The van der Waals surface area contributed by atoms with E-state index in [0.29, 0.717) is 41.9 Å². The monoisotopic (exact) mass is 572 g/mol. The number of hydrogen-bond donors (Lipinski definition) is 2. The number of thiocarbonyl (C=S) groups is 1. The van der Waals surface area contributed by atoms with E-state index in [1.54, 1.807) is 24.3 Å². The van der Waals surface area contributed by atoms with Crippen LogP contribution in [-0.2, 0) is 4.79 Å². The highest BCUT2D eigenvalue weighted by Crippen LogP contribution is 2.30. The molecule has 0 aliphatic carbocycles. The zero-order valence-corrected chi connectivity index (χ0v) is 22.7. The van der Waals surface area contributed by atoms with Crippen LogP contribution in [0.4, 0.5) is 11.4 Å². The maximum atomic E-state index is 12.7. The lowest BCUT2D eigenvalue weighted by molar-refractivity contribution is -0.126. The minimum absolute atomic E-state index is 0.0253. The van der Waals surface area contributed by atoms with Crippen molar-refractivity contribution in [2.75, 3.05) is 36.4 Å². The summed E-state index contributed by atoms with van der Waals surface area (Å²) in [7, 11) is 0. The quantitative estimate of drug-likeness (QED) is 0.284. The van der Waals surface area contributed by atoms with Gasteiger partial charge in [0.15, 0.2) is 5.11 Å². The van der Waals surface area contributed by atoms with Gasteiger partial charge in [-0.25, -0.2) is 0 Å². The number of carbonyl (C=O) groups is 2. The minimum atomic E-state index is -0.460. The van der Waals surface area contributed by atoms with Crippen LogP contribution in [0.25, 0.3) is 6.08 Å². The smallest absolute Gasteiger partial charge is 0.258 e. The van der Waals surface area contributed by atoms with Gasteiger partial charge in [0.25, 0.3) is 5.91 Å². The number of nitrogens with zero attached hydrogens (tertiary/aromatic N) is 2. The van der Waals surface area contributed by atoms with Crippen LogP contribution in [0.2, 0.25) is 15.1 Å². The van der Waals surface area contributed by atoms with E-state index in [1.807, 2.05) is 47.4 Å². The molecule has 1 aliphatic heterocycles. The third kappa shape index (κ3) is 7.23. The first-order valence-electron chi connectivity index (χ1n) is 11.4. The fourth-order valence-corrected chi connectivity index (χ4v) is 4.76. The van der Waals surface area contributed by atoms with Gasteiger partial charge in [-0.2, -0.15) is 0 Å². The van der Waals surface area contributed by atoms with Gasteiger partial charge in [0, 0.05) is 42.3 Å². The first kappa shape index (κ1) is 26.9. The average Bonchev–Trinajstić information content (AvgIpc) is 2.88. The molecule has 4 rings (SSSR count). The summed E-state index contributed by atoms with van der Waals surface area (Å²) in [5, 5.41) is 6.97. The topological polar surface area (TPSA) is 64.7 Å². The lowest BCUT2D eigenvalue weighted by atomic mass is 10.2. The van der Waals surface area contributed by atoms with Gasteiger partial charge < -0.3 is 15.1 Å². The van der Waals surface area contributed by atoms with Crippen LogP contribution in [0, 0.1) is 0 Å². The van der Waals surface area contributed by atoms with E-state index in [0.717, 1.165) is 11.3 Å². The van der Waals surface area contributed by atoms with Gasteiger partial charge in [0.05, 0.1) is 22.0 Å². The summed E-state index contributed by atoms with van der Waals surface area (Å²) in [6.45, 7) is 2.38. The molecule has 0 saturated carbocycles. The van der Waals surface area contributed by atoms with Crippen LogP contribution < -0.4 is 15.5 Å². The Kier molecular flexibility index (Phi) is 9.05. The van der Waals surface area contributed by atoms with Crippen LogP contribution in [-0.4, -0.2) is 48.0 Å². The Morgan fingerprint density at radius 3 is 2.24 bits per heavy atom. The van der Waals surface area contributed by atoms with Crippen LogP contribution in [0.15, 0.2) is 72.8 Å². The average molecular weight is 574 g/mol. The number of benzene rings is 3. The van der Waals surface area contributed by atoms with E-state index < -0.39 is 5.91 Å². The molecule has 1 heterocycles. The second-order valence-electron chi connectivity index (χ2n) is 8.25. The van der Waals surface area contributed by atoms with Crippen molar-refractivity contribution in [3.63, 3.8) is 0 Å². The number of amides is 2. The standard InChI is InChI=1S/C27H23Cl3N4O2S/c28-19-7-9-21(22(30)16-19)26(36)32-27(37)31-23-17-20(29)8-10-24(23)33-12-14-34(15-13-33)25(35)11-6-18-4-2-1-3-5-18/h1-11,16-17H,12-15H2,(H2,31,32,36,37)/b11-6+. The second kappa shape index (κ2) is 12.4. The summed E-state index contributed by atoms with van der Waals surface area (Å²) in [4.78, 5) is 29.2. The normalized spacial score (nSPS) is 13.5. The number of hydrogen-bond acceptors (Lipinski definition) is 4. The molecule has 0 spiro atoms. The molecule has 0 bridgehead atoms. The largest absolute Gasteiger partial charge is 0.366 e. The third-order valence-corrected chi connectivity index (χ3v) is 6.75. The van der Waals surface area contributed by atoms with Gasteiger partial charge in [0.1, 0.15) is 0 Å². The Balaban J connectivity index is 1.38. The number of rotatable bonds is 5. The van der Waals surface area contributed by atoms with E-state index in [9.17, 15) is 9.59 Å². The molecule has 3 aromatic carbocycles. The van der Waals surface area contributed by atoms with Gasteiger partial charge in [-0.05, 0) is 60.3 Å². The van der Waals surface area contributed by atoms with Crippen LogP contribution >= 0.6 is 47.0 Å². The molecule has 1 fully saturated rings. The molecule has 2 amide bonds. The highest BCUT2D eigenvalue weighted by Gasteiger charge is 2.22. The lowest BCUT2D eigenvalue weighted by Gasteiger charge is -2.36. The van der Waals surface area contributed by atoms with Gasteiger partial charge >= 0.3 is 0 Å². The van der Waals surface area contributed by atoms with Crippen molar-refractivity contribution in [1.82, 2.24) is 10.2 Å². The van der Waals surface area contributed by atoms with E-state index in [-0.39, 0.29) is 21.6 Å². The third-order valence-electron chi connectivity index (χ3n) is 5.76. The van der Waals surface area contributed by atoms with Gasteiger partial charge in [-0.3, -0.25) is 14.9 Å². The number of piperazine rings is 1. The Hall–Kier alpha value is -3.10. The second-order valence-corrected chi connectivity index (χ2v) is 9.94. The molecular weight excluding hydrogens is 551 g/mol. The molecule has 1 saturated heterocycles. The summed E-state index contributed by atoms with van der Waals surface area (Å²) < 4.78 is 0. The minimum Gasteiger partial charge on any atom is -0.366 e. The molecule has 0 radical (unpaired) electrons. The molecule has 0 atom stereocenters. The molecule has 2 N–H and O–H groups in total. The number of carbonyl (C=O) groups excluding carboxylic acids is 2. The SMILES string of the molecule is O=C(NC(=S)Nc1cc(Cl)ccc1N1CCN(C(=O)/C=C/c2ccccc2)CC1)c1ccc(Cl)cc1Cl. The zero-order valence-electron chi connectivity index (χ0n) is 19.6. The fraction of sp³-hybridized carbons (Fsp3) is 0.148. The van der Waals surface area contributed by atoms with Crippen molar-refractivity contribution in [3.8, 4) is 0 Å². The van der Waals surface area contributed by atoms with E-state index in [1.165, 1.54) is 12.1 Å². The van der Waals surface area contributed by atoms with Gasteiger partial charge in [-0.15, -0.1) is 0 Å². The maximum Gasteiger partial charge on any atom is 0.258 e. The summed E-state index contributed by atoms with van der Waals surface area (Å²) in [5.41, 5.74) is 2.73. The zero-order chi connectivity index (χ0) is 26.4. The molecule has 10 heteroatoms. The molecule has 6 nitrogen and oxygen atoms in total. The molecule has 37 heavy (non-hydrogen) atoms. The Labute approximate surface area is 235 Å². The first-order valence-corrected chi connectivity index (χ1v) is 13.0. The Morgan fingerprint density at radius 1 is 0.865 bits per heavy atom. The van der Waals surface area contributed by atoms with Crippen molar-refractivity contribution in [2.45, 2.75) is 0 Å². The first-order chi connectivity index (χ1) is 17.8. The summed E-state index contributed by atoms with van der Waals surface area (Å²) in [6, 6.07) is 19.7. The molecule has 3 aromatic rings. The number of anilines is 2. The van der Waals surface area contributed by atoms with Crippen molar-refractivity contribution in [2.24, 2.45) is 0 Å². The highest BCUT2D eigenvalue weighted by atomic mass is 35.5. The molecule has 1 aliphatic rings. The fourth-order valence-electron chi connectivity index (χ4n) is 3.89. The van der Waals surface area contributed by atoms with Gasteiger partial charge in [0.2, 0.25) is 5.91 Å². The van der Waals surface area contributed by atoms with E-state index in [4.69, 9.17) is 47.0 Å². The predicted molar refractivity (Wildman–Crippen MR) is 156 cm³/mol. The van der Waals surface area contributed by atoms with Crippen molar-refractivity contribution >= 4 is 81.4 Å². The Bertz CT molecular complexity index is 1340. The Morgan fingerprint density at radius 2 is 1.54 bits per heavy atom. The van der Waals surface area contributed by atoms with E-state index >= 15 is 0 Å². The number of halogens is 3. The van der Waals surface area contributed by atoms with Crippen LogP contribution in [0.5, 0.6) is 0 Å². The summed E-state index contributed by atoms with van der Waals surface area (Å²) >= 11 is 23.7. The van der Waals surface area contributed by atoms with Gasteiger partial charge in [-0.1, -0.05) is 65.1 Å². The maximum absolute atomic E-state index is 12.7. The molecule has 0 unspecified atom stereocenters. The van der Waals surface area contributed by atoms with Crippen molar-refractivity contribution < 1.29 is 9.59 Å². The molecule has 190 valence electrons. The lowest BCUT2D eigenvalue weighted by Crippen LogP contribution is -2.48. The van der Waals surface area contributed by atoms with E-state index in [2.05, 4.69) is 15.5 Å². The van der Waals surface area contributed by atoms with Crippen molar-refractivity contribution in [1.29, 1.82) is 0 Å². The van der Waals surface area contributed by atoms with Crippen LogP contribution in [0.3, 0.4) is 0 Å². The van der Waals surface area contributed by atoms with Crippen molar-refractivity contribution in [3.05, 3.63) is 99.0 Å². The summed E-state index contributed by atoms with van der Waals surface area (Å²) in [5.74, 6) is -0.485. The number of nitrogens with one attached hydrogen (secondary N) is 2. The summed E-state index contributed by atoms with van der Waals surface area (Å²) in [6.07, 6.45) is 3.43.